The summed E-state index contributed by atoms with van der Waals surface area (Å²) in [5.74, 6) is -0.358. The Hall–Kier alpha value is -2.86. The molecule has 1 saturated heterocycles. The lowest BCUT2D eigenvalue weighted by Crippen LogP contribution is -2.33. The standard InChI is InChI=1S/C23H27FN4O/c1-16-13-18(6-8-21(16)25-9-12-28-10-3-2-4-11-28)26-15-20-19-7-5-17(24)14-22(19)27-23(20)29/h5-8,13-15,25,27,29H,2-4,9-12H2,1H3. The molecule has 1 aliphatic heterocycles. The van der Waals surface area contributed by atoms with Crippen LogP contribution in [0.5, 0.6) is 5.88 Å². The van der Waals surface area contributed by atoms with Gasteiger partial charge in [0.15, 0.2) is 5.88 Å². The maximum atomic E-state index is 13.4. The van der Waals surface area contributed by atoms with Crippen molar-refractivity contribution in [1.82, 2.24) is 9.88 Å². The van der Waals surface area contributed by atoms with Crippen molar-refractivity contribution >= 4 is 28.5 Å². The molecule has 2 aromatic carbocycles. The van der Waals surface area contributed by atoms with E-state index in [4.69, 9.17) is 0 Å². The fraction of sp³-hybridized carbons (Fsp3) is 0.348. The number of likely N-dealkylation sites (tertiary alicyclic amines) is 1. The molecule has 3 aromatic rings. The van der Waals surface area contributed by atoms with Gasteiger partial charge in [-0.15, -0.1) is 0 Å². The highest BCUT2D eigenvalue weighted by Gasteiger charge is 2.10. The minimum Gasteiger partial charge on any atom is -0.494 e. The van der Waals surface area contributed by atoms with Gasteiger partial charge in [0.1, 0.15) is 5.82 Å². The molecule has 5 nitrogen and oxygen atoms in total. The van der Waals surface area contributed by atoms with Gasteiger partial charge in [0.2, 0.25) is 0 Å². The molecule has 0 bridgehead atoms. The lowest BCUT2D eigenvalue weighted by atomic mass is 10.1. The number of aliphatic imine (C=N–C) groups is 1. The first-order chi connectivity index (χ1) is 14.1. The number of nitrogens with one attached hydrogen (secondary N) is 2. The number of hydrogen-bond acceptors (Lipinski definition) is 4. The molecular weight excluding hydrogens is 367 g/mol. The molecule has 152 valence electrons. The van der Waals surface area contributed by atoms with Crippen molar-refractivity contribution < 1.29 is 9.50 Å². The van der Waals surface area contributed by atoms with Crippen molar-refractivity contribution in [2.24, 2.45) is 4.99 Å². The second kappa shape index (κ2) is 8.66. The van der Waals surface area contributed by atoms with Crippen LogP contribution in [0.3, 0.4) is 0 Å². The van der Waals surface area contributed by atoms with Crippen molar-refractivity contribution in [2.75, 3.05) is 31.5 Å². The molecule has 0 amide bonds. The lowest BCUT2D eigenvalue weighted by Gasteiger charge is -2.26. The second-order valence-electron chi connectivity index (χ2n) is 7.66. The van der Waals surface area contributed by atoms with Crippen LogP contribution in [0.2, 0.25) is 0 Å². The zero-order valence-corrected chi connectivity index (χ0v) is 16.7. The van der Waals surface area contributed by atoms with E-state index in [-0.39, 0.29) is 11.7 Å². The first kappa shape index (κ1) is 19.5. The normalized spacial score (nSPS) is 15.4. The van der Waals surface area contributed by atoms with Crippen LogP contribution in [-0.4, -0.2) is 47.4 Å². The molecule has 6 heteroatoms. The summed E-state index contributed by atoms with van der Waals surface area (Å²) >= 11 is 0. The summed E-state index contributed by atoms with van der Waals surface area (Å²) in [6.07, 6.45) is 5.60. The van der Waals surface area contributed by atoms with Crippen molar-refractivity contribution in [1.29, 1.82) is 0 Å². The van der Waals surface area contributed by atoms with Gasteiger partial charge in [0.05, 0.1) is 16.8 Å². The topological polar surface area (TPSA) is 63.7 Å². The van der Waals surface area contributed by atoms with E-state index in [9.17, 15) is 9.50 Å². The summed E-state index contributed by atoms with van der Waals surface area (Å²) in [6, 6.07) is 10.4. The van der Waals surface area contributed by atoms with Crippen LogP contribution in [0.15, 0.2) is 41.4 Å². The molecule has 4 rings (SSSR count). The monoisotopic (exact) mass is 394 g/mol. The van der Waals surface area contributed by atoms with E-state index in [2.05, 4.69) is 27.1 Å². The molecule has 0 atom stereocenters. The molecule has 0 spiro atoms. The van der Waals surface area contributed by atoms with Crippen molar-refractivity contribution in [2.45, 2.75) is 26.2 Å². The van der Waals surface area contributed by atoms with Crippen LogP contribution < -0.4 is 5.32 Å². The predicted octanol–water partition coefficient (Wildman–Crippen LogP) is 4.97. The Morgan fingerprint density at radius 3 is 2.79 bits per heavy atom. The van der Waals surface area contributed by atoms with Gasteiger partial charge in [-0.3, -0.25) is 4.99 Å². The quantitative estimate of drug-likeness (QED) is 0.517. The highest BCUT2D eigenvalue weighted by molar-refractivity contribution is 6.02. The SMILES string of the molecule is Cc1cc(N=Cc2c(O)[nH]c3cc(F)ccc23)ccc1NCCN1CCCCC1. The average Bonchev–Trinajstić information content (AvgIpc) is 3.02. The van der Waals surface area contributed by atoms with Crippen LogP contribution in [0.25, 0.3) is 10.9 Å². The molecule has 1 aromatic heterocycles. The van der Waals surface area contributed by atoms with Gasteiger partial charge in [-0.05, 0) is 74.8 Å². The van der Waals surface area contributed by atoms with Gasteiger partial charge < -0.3 is 20.3 Å². The first-order valence-corrected chi connectivity index (χ1v) is 10.2. The molecule has 0 aliphatic carbocycles. The highest BCUT2D eigenvalue weighted by Crippen LogP contribution is 2.27. The molecule has 0 saturated carbocycles. The van der Waals surface area contributed by atoms with E-state index >= 15 is 0 Å². The summed E-state index contributed by atoms with van der Waals surface area (Å²) in [7, 11) is 0. The number of piperidine rings is 1. The van der Waals surface area contributed by atoms with E-state index in [1.54, 1.807) is 12.3 Å². The smallest absolute Gasteiger partial charge is 0.198 e. The Kier molecular flexibility index (Phi) is 5.81. The molecule has 3 N–H and O–H groups in total. The Morgan fingerprint density at radius 2 is 2.00 bits per heavy atom. The van der Waals surface area contributed by atoms with Crippen LogP contribution >= 0.6 is 0 Å². The summed E-state index contributed by atoms with van der Waals surface area (Å²) in [5.41, 5.74) is 4.16. The predicted molar refractivity (Wildman–Crippen MR) is 117 cm³/mol. The number of aromatic amines is 1. The number of aryl methyl sites for hydroxylation is 1. The first-order valence-electron chi connectivity index (χ1n) is 10.2. The molecule has 1 aliphatic rings. The van der Waals surface area contributed by atoms with E-state index in [0.29, 0.717) is 11.1 Å². The summed E-state index contributed by atoms with van der Waals surface area (Å²) in [6.45, 7) is 6.49. The number of hydrogen-bond donors (Lipinski definition) is 3. The van der Waals surface area contributed by atoms with Crippen LogP contribution in [0.4, 0.5) is 15.8 Å². The minimum atomic E-state index is -0.346. The fourth-order valence-electron chi connectivity index (χ4n) is 3.91. The number of aromatic nitrogens is 1. The Bertz CT molecular complexity index is 1020. The second-order valence-corrected chi connectivity index (χ2v) is 7.66. The maximum Gasteiger partial charge on any atom is 0.198 e. The molecule has 0 radical (unpaired) electrons. The van der Waals surface area contributed by atoms with Gasteiger partial charge in [-0.1, -0.05) is 6.42 Å². The molecule has 0 unspecified atom stereocenters. The maximum absolute atomic E-state index is 13.4. The minimum absolute atomic E-state index is 0.0120. The lowest BCUT2D eigenvalue weighted by molar-refractivity contribution is 0.237. The third-order valence-electron chi connectivity index (χ3n) is 5.52. The average molecular weight is 394 g/mol. The molecule has 2 heterocycles. The number of anilines is 1. The fourth-order valence-corrected chi connectivity index (χ4v) is 3.91. The number of halogens is 1. The Balaban J connectivity index is 1.42. The van der Waals surface area contributed by atoms with Gasteiger partial charge in [0.25, 0.3) is 0 Å². The number of H-pyrrole nitrogens is 1. The van der Waals surface area contributed by atoms with Crippen molar-refractivity contribution in [3.8, 4) is 5.88 Å². The zero-order chi connectivity index (χ0) is 20.2. The van der Waals surface area contributed by atoms with E-state index in [1.807, 2.05) is 18.2 Å². The van der Waals surface area contributed by atoms with E-state index in [0.717, 1.165) is 35.4 Å². The van der Waals surface area contributed by atoms with E-state index < -0.39 is 0 Å². The summed E-state index contributed by atoms with van der Waals surface area (Å²) in [5, 5.41) is 14.4. The number of aromatic hydroxyl groups is 1. The highest BCUT2D eigenvalue weighted by atomic mass is 19.1. The summed E-state index contributed by atoms with van der Waals surface area (Å²) < 4.78 is 13.4. The van der Waals surface area contributed by atoms with Crippen LogP contribution in [-0.2, 0) is 0 Å². The van der Waals surface area contributed by atoms with Gasteiger partial charge in [-0.25, -0.2) is 4.39 Å². The Morgan fingerprint density at radius 1 is 1.17 bits per heavy atom. The Labute approximate surface area is 170 Å². The van der Waals surface area contributed by atoms with Gasteiger partial charge in [-0.2, -0.15) is 0 Å². The largest absolute Gasteiger partial charge is 0.494 e. The van der Waals surface area contributed by atoms with Crippen molar-refractivity contribution in [3.63, 3.8) is 0 Å². The van der Waals surface area contributed by atoms with Crippen LogP contribution in [0, 0.1) is 12.7 Å². The van der Waals surface area contributed by atoms with Gasteiger partial charge >= 0.3 is 0 Å². The third kappa shape index (κ3) is 4.59. The van der Waals surface area contributed by atoms with E-state index in [1.165, 1.54) is 44.5 Å². The number of rotatable bonds is 6. The number of fused-ring (bicyclic) bond motifs is 1. The number of nitrogens with zero attached hydrogens (tertiary/aromatic N) is 2. The molecule has 29 heavy (non-hydrogen) atoms. The molecule has 1 fully saturated rings. The zero-order valence-electron chi connectivity index (χ0n) is 16.7. The number of benzene rings is 2. The van der Waals surface area contributed by atoms with Gasteiger partial charge in [0, 0.05) is 30.4 Å². The summed E-state index contributed by atoms with van der Waals surface area (Å²) in [4.78, 5) is 9.81. The van der Waals surface area contributed by atoms with Crippen molar-refractivity contribution in [3.05, 3.63) is 53.3 Å². The van der Waals surface area contributed by atoms with Crippen LogP contribution in [0.1, 0.15) is 30.4 Å². The third-order valence-corrected chi connectivity index (χ3v) is 5.52. The molecular formula is C23H27FN4O.